The highest BCUT2D eigenvalue weighted by atomic mass is 19.1. The van der Waals surface area contributed by atoms with Gasteiger partial charge in [-0.2, -0.15) is 0 Å². The van der Waals surface area contributed by atoms with Crippen molar-refractivity contribution in [3.8, 4) is 22.8 Å². The van der Waals surface area contributed by atoms with E-state index in [1.807, 2.05) is 6.07 Å². The molecule has 3 aromatic rings. The molecule has 5 rings (SSSR count). The number of para-hydroxylation sites is 1. The smallest absolute Gasteiger partial charge is 0.255 e. The molecule has 3 N–H and O–H groups in total. The lowest BCUT2D eigenvalue weighted by atomic mass is 9.91. The van der Waals surface area contributed by atoms with Crippen molar-refractivity contribution in [3.05, 3.63) is 65.4 Å². The number of aromatic amines is 1. The van der Waals surface area contributed by atoms with Gasteiger partial charge in [0.1, 0.15) is 12.4 Å². The highest BCUT2D eigenvalue weighted by Crippen LogP contribution is 2.44. The molecule has 2 bridgehead atoms. The number of nitrogens with zero attached hydrogens (tertiary/aromatic N) is 1. The summed E-state index contributed by atoms with van der Waals surface area (Å²) in [5.41, 5.74) is 4.91. The zero-order chi connectivity index (χ0) is 25.1. The molecule has 0 fully saturated rings. The summed E-state index contributed by atoms with van der Waals surface area (Å²) in [7, 11) is 1.41. The molecule has 0 saturated heterocycles. The van der Waals surface area contributed by atoms with Crippen molar-refractivity contribution in [2.24, 2.45) is 0 Å². The molecule has 8 nitrogen and oxygen atoms in total. The summed E-state index contributed by atoms with van der Waals surface area (Å²) in [5.74, 6) is -0.00713. The third-order valence-corrected chi connectivity index (χ3v) is 6.58. The fourth-order valence-electron chi connectivity index (χ4n) is 4.69. The van der Waals surface area contributed by atoms with Crippen LogP contribution in [0.2, 0.25) is 0 Å². The number of methoxy groups -OCH3 is 1. The molecule has 36 heavy (non-hydrogen) atoms. The summed E-state index contributed by atoms with van der Waals surface area (Å²) in [4.78, 5) is 21.0. The Morgan fingerprint density at radius 1 is 1.25 bits per heavy atom. The van der Waals surface area contributed by atoms with Crippen LogP contribution in [0.5, 0.6) is 11.5 Å². The van der Waals surface area contributed by atoms with Gasteiger partial charge in [-0.25, -0.2) is 4.39 Å². The van der Waals surface area contributed by atoms with Crippen LogP contribution in [0.25, 0.3) is 11.3 Å². The van der Waals surface area contributed by atoms with Crippen molar-refractivity contribution in [2.75, 3.05) is 38.8 Å². The van der Waals surface area contributed by atoms with Gasteiger partial charge in [0, 0.05) is 29.9 Å². The summed E-state index contributed by atoms with van der Waals surface area (Å²) < 4.78 is 31.6. The Bertz CT molecular complexity index is 1300. The first-order valence-electron chi connectivity index (χ1n) is 12.0. The quantitative estimate of drug-likeness (QED) is 0.449. The van der Waals surface area contributed by atoms with E-state index in [0.717, 1.165) is 24.1 Å². The van der Waals surface area contributed by atoms with Crippen LogP contribution in [0.15, 0.2) is 48.3 Å². The number of halogens is 1. The molecule has 0 radical (unpaired) electrons. The number of rotatable bonds is 3. The molecule has 9 heteroatoms. The maximum absolute atomic E-state index is 14.5. The Morgan fingerprint density at radius 3 is 3.00 bits per heavy atom. The molecule has 2 aliphatic heterocycles. The van der Waals surface area contributed by atoms with Gasteiger partial charge in [-0.05, 0) is 38.0 Å². The van der Waals surface area contributed by atoms with Crippen molar-refractivity contribution in [2.45, 2.75) is 25.7 Å². The van der Waals surface area contributed by atoms with Gasteiger partial charge in [-0.3, -0.25) is 9.78 Å². The van der Waals surface area contributed by atoms with Gasteiger partial charge in [0.15, 0.2) is 11.6 Å². The normalized spacial score (nSPS) is 19.5. The fraction of sp³-hybridized carbons (Fsp3) is 0.333. The number of benzene rings is 1. The third-order valence-electron chi connectivity index (χ3n) is 6.58. The van der Waals surface area contributed by atoms with Gasteiger partial charge >= 0.3 is 0 Å². The number of carbonyl (C=O) groups excluding carboxylic acids is 1. The Kier molecular flexibility index (Phi) is 6.90. The number of hydrogen-bond donors (Lipinski definition) is 3. The Morgan fingerprint density at radius 2 is 2.14 bits per heavy atom. The molecule has 0 aliphatic carbocycles. The van der Waals surface area contributed by atoms with Crippen LogP contribution in [0, 0.1) is 5.82 Å². The van der Waals surface area contributed by atoms with Crippen molar-refractivity contribution in [1.82, 2.24) is 15.3 Å². The summed E-state index contributed by atoms with van der Waals surface area (Å²) in [6.45, 7) is 3.91. The highest BCUT2D eigenvalue weighted by Gasteiger charge is 2.33. The minimum Gasteiger partial charge on any atom is -0.492 e. The fourth-order valence-corrected chi connectivity index (χ4v) is 4.69. The van der Waals surface area contributed by atoms with Crippen molar-refractivity contribution in [1.29, 1.82) is 0 Å². The first-order chi connectivity index (χ1) is 17.6. The monoisotopic (exact) mass is 492 g/mol. The number of H-pyrrole nitrogens is 1. The molecule has 0 spiro atoms. The van der Waals surface area contributed by atoms with Crippen LogP contribution in [0.4, 0.5) is 15.8 Å². The van der Waals surface area contributed by atoms with Crippen molar-refractivity contribution >= 4 is 17.3 Å². The van der Waals surface area contributed by atoms with Crippen LogP contribution in [0.1, 0.15) is 41.7 Å². The van der Waals surface area contributed by atoms with Gasteiger partial charge in [-0.15, -0.1) is 0 Å². The standard InChI is InChI=1S/C27H29FN4O4/c1-16-6-7-17-14-30-27(33)22-23(17)32-24(25(22)31-20-5-3-4-19(28)26(20)34-2)18-8-10-29-15-21(18)36-13-12-35-11-9-16/h3-5,8-10,15,17,31-32H,6-7,11-14H2,1-2H3,(H,30,33)/b16-9-. The van der Waals surface area contributed by atoms with E-state index in [1.165, 1.54) is 18.7 Å². The van der Waals surface area contributed by atoms with E-state index in [-0.39, 0.29) is 17.6 Å². The lowest BCUT2D eigenvalue weighted by Crippen LogP contribution is -2.35. The zero-order valence-corrected chi connectivity index (χ0v) is 20.3. The number of pyridine rings is 1. The lowest BCUT2D eigenvalue weighted by Gasteiger charge is -2.24. The molecular weight excluding hydrogens is 463 g/mol. The number of ether oxygens (including phenoxy) is 3. The Balaban J connectivity index is 1.68. The number of fused-ring (bicyclic) bond motifs is 3. The van der Waals surface area contributed by atoms with E-state index >= 15 is 0 Å². The van der Waals surface area contributed by atoms with Gasteiger partial charge in [0.2, 0.25) is 0 Å². The molecule has 1 amide bonds. The lowest BCUT2D eigenvalue weighted by molar-refractivity contribution is 0.0940. The average Bonchev–Trinajstić information content (AvgIpc) is 3.25. The first-order valence-corrected chi connectivity index (χ1v) is 12.0. The number of hydrogen-bond acceptors (Lipinski definition) is 6. The van der Waals surface area contributed by atoms with E-state index in [4.69, 9.17) is 14.2 Å². The molecule has 2 aliphatic rings. The number of carbonyl (C=O) groups is 1. The minimum atomic E-state index is -0.500. The number of amides is 1. The predicted octanol–water partition coefficient (Wildman–Crippen LogP) is 4.93. The first kappa shape index (κ1) is 23.9. The molecule has 1 atom stereocenters. The Labute approximate surface area is 208 Å². The van der Waals surface area contributed by atoms with Gasteiger partial charge in [0.25, 0.3) is 5.91 Å². The summed E-state index contributed by atoms with van der Waals surface area (Å²) in [6, 6.07) is 6.47. The van der Waals surface area contributed by atoms with Crippen LogP contribution in [0.3, 0.4) is 0 Å². The Hall–Kier alpha value is -3.85. The largest absolute Gasteiger partial charge is 0.492 e. The highest BCUT2D eigenvalue weighted by molar-refractivity contribution is 6.07. The second-order valence-electron chi connectivity index (χ2n) is 8.90. The van der Waals surface area contributed by atoms with E-state index in [9.17, 15) is 9.18 Å². The third kappa shape index (κ3) is 4.66. The second kappa shape index (κ2) is 10.4. The summed E-state index contributed by atoms with van der Waals surface area (Å²) in [6.07, 6.45) is 7.11. The van der Waals surface area contributed by atoms with Crippen LogP contribution < -0.4 is 20.1 Å². The molecule has 1 aromatic carbocycles. The van der Waals surface area contributed by atoms with Crippen LogP contribution in [-0.4, -0.2) is 49.4 Å². The second-order valence-corrected chi connectivity index (χ2v) is 8.90. The molecule has 0 saturated carbocycles. The number of nitrogens with one attached hydrogen (secondary N) is 3. The van der Waals surface area contributed by atoms with E-state index in [1.54, 1.807) is 24.5 Å². The predicted molar refractivity (Wildman–Crippen MR) is 135 cm³/mol. The molecule has 4 heterocycles. The molecular formula is C27H29FN4O4. The maximum atomic E-state index is 14.5. The average molecular weight is 493 g/mol. The van der Waals surface area contributed by atoms with Gasteiger partial charge in [0.05, 0.1) is 49.2 Å². The number of allylic oxidation sites excluding steroid dienone is 1. The minimum absolute atomic E-state index is 0.0671. The number of anilines is 2. The van der Waals surface area contributed by atoms with E-state index in [2.05, 4.69) is 33.6 Å². The van der Waals surface area contributed by atoms with Crippen LogP contribution >= 0.6 is 0 Å². The van der Waals surface area contributed by atoms with Gasteiger partial charge in [-0.1, -0.05) is 17.7 Å². The number of aromatic nitrogens is 2. The van der Waals surface area contributed by atoms with E-state index in [0.29, 0.717) is 54.7 Å². The molecule has 188 valence electrons. The topological polar surface area (TPSA) is 97.5 Å². The van der Waals surface area contributed by atoms with Crippen molar-refractivity contribution < 1.29 is 23.4 Å². The van der Waals surface area contributed by atoms with Crippen LogP contribution in [-0.2, 0) is 4.74 Å². The molecule has 2 aromatic heterocycles. The van der Waals surface area contributed by atoms with Gasteiger partial charge < -0.3 is 29.8 Å². The van der Waals surface area contributed by atoms with E-state index < -0.39 is 5.82 Å². The summed E-state index contributed by atoms with van der Waals surface area (Å²) >= 11 is 0. The van der Waals surface area contributed by atoms with Crippen molar-refractivity contribution in [3.63, 3.8) is 0 Å². The zero-order valence-electron chi connectivity index (χ0n) is 20.3. The SMILES string of the molecule is COc1c(F)cccc1Nc1c2[nH]c3c1C(=O)NCC3CC/C(C)=C\COCCOc1cnccc1-2. The summed E-state index contributed by atoms with van der Waals surface area (Å²) in [5, 5.41) is 6.33. The molecule has 1 unspecified atom stereocenters. The maximum Gasteiger partial charge on any atom is 0.255 e.